The average Bonchev–Trinajstić information content (AvgIpc) is 2.91. The topological polar surface area (TPSA) is 189 Å². The minimum absolute atomic E-state index is 0.00510. The number of aryl methyl sites for hydroxylation is 1. The number of aliphatic hydroxyl groups is 3. The molecule has 1 aliphatic rings. The first-order chi connectivity index (χ1) is 18.5. The number of aliphatic carboxylic acids is 1. The molecule has 1 fully saturated rings. The first-order valence-corrected chi connectivity index (χ1v) is 11.9. The van der Waals surface area contributed by atoms with Crippen molar-refractivity contribution in [2.24, 2.45) is 0 Å². The summed E-state index contributed by atoms with van der Waals surface area (Å²) in [6, 6.07) is 9.23. The number of carbonyl (C=O) groups is 3. The summed E-state index contributed by atoms with van der Waals surface area (Å²) in [4.78, 5) is 35.8. The monoisotopic (exact) mass is 546 g/mol. The van der Waals surface area contributed by atoms with E-state index in [1.165, 1.54) is 50.6 Å². The van der Waals surface area contributed by atoms with Crippen molar-refractivity contribution in [3.8, 4) is 23.0 Å². The predicted molar refractivity (Wildman–Crippen MR) is 135 cm³/mol. The van der Waals surface area contributed by atoms with Crippen LogP contribution in [0.1, 0.15) is 24.0 Å². The van der Waals surface area contributed by atoms with Gasteiger partial charge in [0.15, 0.2) is 34.9 Å². The van der Waals surface area contributed by atoms with Crippen molar-refractivity contribution in [2.75, 3.05) is 14.2 Å². The Labute approximate surface area is 223 Å². The number of allylic oxidation sites excluding steroid dienone is 1. The Morgan fingerprint density at radius 1 is 0.923 bits per heavy atom. The standard InChI is InChI=1S/C27H30O12/c1-36-20-11-14(5-9-18(20)30)3-7-16(28)13-17(29)8-4-15-6-10-19(21(12-15)37-2)38-27-24(33)22(31)23(32)25(39-27)26(34)35/h4-6,8-12,22-25,27,30-33H,3,7,13H2,1-2H3,(H,34,35)/b8-4+/t22-,23+,24-,25-,27-/m1/s1. The summed E-state index contributed by atoms with van der Waals surface area (Å²) in [5.41, 5.74) is 1.30. The van der Waals surface area contributed by atoms with Crippen LogP contribution in [0.3, 0.4) is 0 Å². The van der Waals surface area contributed by atoms with Crippen LogP contribution in [0.25, 0.3) is 6.08 Å². The second-order valence-electron chi connectivity index (χ2n) is 8.78. The smallest absolute Gasteiger partial charge is 0.335 e. The number of ether oxygens (including phenoxy) is 4. The van der Waals surface area contributed by atoms with Gasteiger partial charge in [0.25, 0.3) is 0 Å². The molecular formula is C27H30O12. The number of carboxylic acids is 1. The van der Waals surface area contributed by atoms with E-state index in [0.29, 0.717) is 17.7 Å². The summed E-state index contributed by atoms with van der Waals surface area (Å²) in [5, 5.41) is 48.7. The molecule has 0 radical (unpaired) electrons. The van der Waals surface area contributed by atoms with Crippen LogP contribution in [0.2, 0.25) is 0 Å². The lowest BCUT2D eigenvalue weighted by Crippen LogP contribution is -2.61. The first kappa shape index (κ1) is 29.6. The molecule has 0 aromatic heterocycles. The van der Waals surface area contributed by atoms with E-state index in [2.05, 4.69) is 0 Å². The maximum absolute atomic E-state index is 12.3. The highest BCUT2D eigenvalue weighted by molar-refractivity contribution is 6.06. The summed E-state index contributed by atoms with van der Waals surface area (Å²) in [6.45, 7) is 0. The lowest BCUT2D eigenvalue weighted by Gasteiger charge is -2.38. The van der Waals surface area contributed by atoms with Gasteiger partial charge in [-0.3, -0.25) is 9.59 Å². The van der Waals surface area contributed by atoms with Gasteiger partial charge < -0.3 is 44.5 Å². The summed E-state index contributed by atoms with van der Waals surface area (Å²) in [6.07, 6.45) is -5.91. The number of hydrogen-bond acceptors (Lipinski definition) is 11. The van der Waals surface area contributed by atoms with E-state index in [9.17, 15) is 39.9 Å². The third kappa shape index (κ3) is 7.54. The van der Waals surface area contributed by atoms with Crippen molar-refractivity contribution in [3.63, 3.8) is 0 Å². The minimum Gasteiger partial charge on any atom is -0.504 e. The molecular weight excluding hydrogens is 516 g/mol. The van der Waals surface area contributed by atoms with Gasteiger partial charge >= 0.3 is 5.97 Å². The number of ketones is 2. The number of methoxy groups -OCH3 is 2. The summed E-state index contributed by atoms with van der Waals surface area (Å²) in [7, 11) is 2.76. The van der Waals surface area contributed by atoms with Gasteiger partial charge in [-0.15, -0.1) is 0 Å². The normalized spacial score (nSPS) is 22.8. The molecule has 39 heavy (non-hydrogen) atoms. The van der Waals surface area contributed by atoms with Crippen molar-refractivity contribution in [2.45, 2.75) is 50.0 Å². The van der Waals surface area contributed by atoms with Gasteiger partial charge in [0.2, 0.25) is 6.29 Å². The van der Waals surface area contributed by atoms with Crippen molar-refractivity contribution in [1.29, 1.82) is 0 Å². The lowest BCUT2D eigenvalue weighted by atomic mass is 9.99. The zero-order valence-electron chi connectivity index (χ0n) is 21.2. The van der Waals surface area contributed by atoms with E-state index in [1.807, 2.05) is 0 Å². The highest BCUT2D eigenvalue weighted by Gasteiger charge is 2.48. The third-order valence-electron chi connectivity index (χ3n) is 6.01. The van der Waals surface area contributed by atoms with Gasteiger partial charge in [-0.05, 0) is 47.9 Å². The van der Waals surface area contributed by atoms with Gasteiger partial charge in [0.05, 0.1) is 20.6 Å². The van der Waals surface area contributed by atoms with E-state index in [-0.39, 0.29) is 35.9 Å². The molecule has 210 valence electrons. The van der Waals surface area contributed by atoms with Gasteiger partial charge in [0, 0.05) is 6.42 Å². The van der Waals surface area contributed by atoms with Crippen LogP contribution in [0, 0.1) is 0 Å². The van der Waals surface area contributed by atoms with Crippen LogP contribution in [0.15, 0.2) is 42.5 Å². The summed E-state index contributed by atoms with van der Waals surface area (Å²) < 4.78 is 20.9. The molecule has 0 saturated carbocycles. The van der Waals surface area contributed by atoms with Crippen LogP contribution in [0.5, 0.6) is 23.0 Å². The van der Waals surface area contributed by atoms with Gasteiger partial charge in [-0.2, -0.15) is 0 Å². The highest BCUT2D eigenvalue weighted by Crippen LogP contribution is 2.32. The molecule has 1 aliphatic heterocycles. The Hall–Kier alpha value is -3.97. The third-order valence-corrected chi connectivity index (χ3v) is 6.01. The number of carbonyl (C=O) groups excluding carboxylic acids is 2. The molecule has 5 N–H and O–H groups in total. The number of carboxylic acid groups (broad SMARTS) is 1. The fourth-order valence-electron chi connectivity index (χ4n) is 3.85. The van der Waals surface area contributed by atoms with Gasteiger partial charge in [-0.25, -0.2) is 4.79 Å². The number of Topliss-reactive ketones (excluding diaryl/α,β-unsaturated/α-hetero) is 1. The molecule has 3 rings (SSSR count). The van der Waals surface area contributed by atoms with E-state index in [1.54, 1.807) is 12.1 Å². The van der Waals surface area contributed by atoms with Crippen LogP contribution >= 0.6 is 0 Å². The molecule has 0 spiro atoms. The Morgan fingerprint density at radius 3 is 2.31 bits per heavy atom. The van der Waals surface area contributed by atoms with Crippen LogP contribution in [-0.2, 0) is 25.5 Å². The van der Waals surface area contributed by atoms with Crippen molar-refractivity contribution in [3.05, 3.63) is 53.6 Å². The van der Waals surface area contributed by atoms with Crippen molar-refractivity contribution in [1.82, 2.24) is 0 Å². The molecule has 5 atom stereocenters. The van der Waals surface area contributed by atoms with Gasteiger partial charge in [0.1, 0.15) is 24.1 Å². The number of phenolic OH excluding ortho intramolecular Hbond substituents is 1. The molecule has 2 aromatic rings. The molecule has 0 unspecified atom stereocenters. The zero-order valence-corrected chi connectivity index (χ0v) is 21.2. The molecule has 2 aromatic carbocycles. The van der Waals surface area contributed by atoms with Crippen LogP contribution < -0.4 is 14.2 Å². The first-order valence-electron chi connectivity index (χ1n) is 11.9. The predicted octanol–water partition coefficient (Wildman–Crippen LogP) is 0.855. The van der Waals surface area contributed by atoms with E-state index in [4.69, 9.17) is 18.9 Å². The number of benzene rings is 2. The van der Waals surface area contributed by atoms with E-state index >= 15 is 0 Å². The largest absolute Gasteiger partial charge is 0.504 e. The number of phenols is 1. The summed E-state index contributed by atoms with van der Waals surface area (Å²) in [5.74, 6) is -1.72. The Morgan fingerprint density at radius 2 is 1.64 bits per heavy atom. The summed E-state index contributed by atoms with van der Waals surface area (Å²) >= 11 is 0. The highest BCUT2D eigenvalue weighted by atomic mass is 16.7. The quantitative estimate of drug-likeness (QED) is 0.187. The second kappa shape index (κ2) is 13.2. The van der Waals surface area contributed by atoms with Gasteiger partial charge in [-0.1, -0.05) is 18.2 Å². The second-order valence-corrected chi connectivity index (χ2v) is 8.78. The molecule has 0 aliphatic carbocycles. The molecule has 12 nitrogen and oxygen atoms in total. The number of hydrogen-bond donors (Lipinski definition) is 5. The Kier molecular flexibility index (Phi) is 10.0. The van der Waals surface area contributed by atoms with E-state index in [0.717, 1.165) is 5.56 Å². The van der Waals surface area contributed by atoms with E-state index < -0.39 is 42.5 Å². The maximum Gasteiger partial charge on any atom is 0.335 e. The van der Waals surface area contributed by atoms with Crippen molar-refractivity contribution >= 4 is 23.6 Å². The Balaban J connectivity index is 1.59. The Bertz CT molecular complexity index is 1220. The zero-order chi connectivity index (χ0) is 28.7. The molecule has 0 amide bonds. The SMILES string of the molecule is COc1cc(CCC(=O)CC(=O)/C=C/c2ccc(O[C@@H]3O[C@@H](C(=O)O)[C@@H](O)[C@@H](O)[C@H]3O)c(OC)c2)ccc1O. The molecule has 12 heteroatoms. The minimum atomic E-state index is -1.85. The van der Waals surface area contributed by atoms with Crippen LogP contribution in [-0.4, -0.2) is 88.0 Å². The molecule has 0 bridgehead atoms. The number of rotatable bonds is 12. The average molecular weight is 547 g/mol. The van der Waals surface area contributed by atoms with Crippen LogP contribution in [0.4, 0.5) is 0 Å². The lowest BCUT2D eigenvalue weighted by molar-refractivity contribution is -0.271. The molecule has 1 saturated heterocycles. The maximum atomic E-state index is 12.3. The number of aromatic hydroxyl groups is 1. The fourth-order valence-corrected chi connectivity index (χ4v) is 3.85. The number of aliphatic hydroxyl groups excluding tert-OH is 3. The van der Waals surface area contributed by atoms with Crippen molar-refractivity contribution < 1.29 is 58.9 Å². The molecule has 1 heterocycles. The fraction of sp³-hybridized carbons (Fsp3) is 0.370.